The largest absolute Gasteiger partial charge is 0.497 e. The number of H-pyrrole nitrogens is 1. The molecule has 0 radical (unpaired) electrons. The number of carbonyl (C=O) groups excluding carboxylic acids is 1. The van der Waals surface area contributed by atoms with Gasteiger partial charge in [-0.2, -0.15) is 0 Å². The maximum absolute atomic E-state index is 12.7. The van der Waals surface area contributed by atoms with E-state index in [9.17, 15) is 4.79 Å². The zero-order chi connectivity index (χ0) is 21.1. The summed E-state index contributed by atoms with van der Waals surface area (Å²) in [6.45, 7) is 3.41. The normalized spacial score (nSPS) is 14.2. The quantitative estimate of drug-likeness (QED) is 0.623. The molecule has 0 saturated heterocycles. The molecule has 0 saturated carbocycles. The van der Waals surface area contributed by atoms with Crippen LogP contribution in [0.25, 0.3) is 22.6 Å². The molecule has 0 spiro atoms. The molecule has 3 aromatic rings. The Morgan fingerprint density at radius 3 is 2.77 bits per heavy atom. The summed E-state index contributed by atoms with van der Waals surface area (Å²) in [7, 11) is 3.23. The molecule has 30 heavy (non-hydrogen) atoms. The minimum Gasteiger partial charge on any atom is -0.497 e. The van der Waals surface area contributed by atoms with E-state index in [0.717, 1.165) is 17.7 Å². The zero-order valence-corrected chi connectivity index (χ0v) is 17.6. The number of nitrogens with zero attached hydrogens (tertiary/aromatic N) is 1. The summed E-state index contributed by atoms with van der Waals surface area (Å²) in [5.41, 5.74) is 5.76. The third kappa shape index (κ3) is 3.83. The zero-order valence-electron chi connectivity index (χ0n) is 17.6. The van der Waals surface area contributed by atoms with Gasteiger partial charge in [0.1, 0.15) is 11.5 Å². The number of aromatic nitrogens is 1. The molecule has 2 heterocycles. The smallest absolute Gasteiger partial charge is 0.246 e. The molecule has 0 fully saturated rings. The lowest BCUT2D eigenvalue weighted by atomic mass is 9.98. The first-order valence-corrected chi connectivity index (χ1v) is 10.1. The lowest BCUT2D eigenvalue weighted by Crippen LogP contribution is -2.33. The lowest BCUT2D eigenvalue weighted by molar-refractivity contribution is -0.125. The lowest BCUT2D eigenvalue weighted by Gasteiger charge is -2.25. The van der Waals surface area contributed by atoms with Gasteiger partial charge in [-0.25, -0.2) is 0 Å². The van der Waals surface area contributed by atoms with Crippen molar-refractivity contribution in [2.24, 2.45) is 0 Å². The van der Waals surface area contributed by atoms with Crippen molar-refractivity contribution in [3.8, 4) is 11.5 Å². The highest BCUT2D eigenvalue weighted by atomic mass is 16.5. The van der Waals surface area contributed by atoms with Gasteiger partial charge in [-0.05, 0) is 48.8 Å². The predicted octanol–water partition coefficient (Wildman–Crippen LogP) is 4.82. The van der Waals surface area contributed by atoms with Gasteiger partial charge in [0.2, 0.25) is 5.91 Å². The fraction of sp³-hybridized carbons (Fsp3) is 0.240. The van der Waals surface area contributed by atoms with Crippen LogP contribution < -0.4 is 9.47 Å². The highest BCUT2D eigenvalue weighted by molar-refractivity contribution is 5.96. The van der Waals surface area contributed by atoms with Crippen molar-refractivity contribution in [3.05, 3.63) is 71.4 Å². The first-order chi connectivity index (χ1) is 14.6. The van der Waals surface area contributed by atoms with E-state index in [1.807, 2.05) is 23.1 Å². The average molecular weight is 402 g/mol. The number of hydrogen-bond acceptors (Lipinski definition) is 3. The van der Waals surface area contributed by atoms with Crippen LogP contribution in [-0.2, 0) is 4.79 Å². The van der Waals surface area contributed by atoms with Crippen LogP contribution in [-0.4, -0.2) is 43.1 Å². The Labute approximate surface area is 176 Å². The number of aryl methyl sites for hydroxylation is 1. The van der Waals surface area contributed by atoms with E-state index in [2.05, 4.69) is 42.4 Å². The summed E-state index contributed by atoms with van der Waals surface area (Å²) in [5, 5.41) is 1.24. The van der Waals surface area contributed by atoms with Crippen LogP contribution >= 0.6 is 0 Å². The molecule has 2 aromatic carbocycles. The van der Waals surface area contributed by atoms with Crippen LogP contribution in [0.15, 0.2) is 54.7 Å². The number of hydrogen-bond donors (Lipinski definition) is 1. The monoisotopic (exact) mass is 402 g/mol. The maximum atomic E-state index is 12.7. The van der Waals surface area contributed by atoms with Gasteiger partial charge in [0.15, 0.2) is 0 Å². The van der Waals surface area contributed by atoms with Crippen molar-refractivity contribution in [3.63, 3.8) is 0 Å². The number of ether oxygens (including phenoxy) is 2. The van der Waals surface area contributed by atoms with Gasteiger partial charge in [-0.3, -0.25) is 4.79 Å². The van der Waals surface area contributed by atoms with Crippen molar-refractivity contribution < 1.29 is 14.3 Å². The van der Waals surface area contributed by atoms with Gasteiger partial charge in [0.25, 0.3) is 0 Å². The number of methoxy groups -OCH3 is 2. The van der Waals surface area contributed by atoms with Crippen molar-refractivity contribution in [1.29, 1.82) is 0 Å². The summed E-state index contributed by atoms with van der Waals surface area (Å²) in [6.07, 6.45) is 8.46. The minimum atomic E-state index is -0.00931. The fourth-order valence-electron chi connectivity index (χ4n) is 3.92. The highest BCUT2D eigenvalue weighted by Crippen LogP contribution is 2.31. The van der Waals surface area contributed by atoms with Crippen LogP contribution in [0.2, 0.25) is 0 Å². The second kappa shape index (κ2) is 8.49. The maximum Gasteiger partial charge on any atom is 0.246 e. The molecule has 1 aliphatic rings. The number of fused-ring (bicyclic) bond motifs is 1. The van der Waals surface area contributed by atoms with Gasteiger partial charge in [-0.1, -0.05) is 24.3 Å². The van der Waals surface area contributed by atoms with Crippen molar-refractivity contribution >= 4 is 28.5 Å². The van der Waals surface area contributed by atoms with E-state index in [1.54, 1.807) is 26.4 Å². The Kier molecular flexibility index (Phi) is 5.61. The Hall–Kier alpha value is -3.47. The number of aromatic amines is 1. The number of para-hydroxylation sites is 1. The molecule has 0 bridgehead atoms. The fourth-order valence-corrected chi connectivity index (χ4v) is 3.92. The van der Waals surface area contributed by atoms with Crippen LogP contribution in [0.1, 0.15) is 23.1 Å². The van der Waals surface area contributed by atoms with Gasteiger partial charge in [0.05, 0.1) is 14.2 Å². The third-order valence-electron chi connectivity index (χ3n) is 5.63. The van der Waals surface area contributed by atoms with Crippen molar-refractivity contribution in [2.45, 2.75) is 13.3 Å². The molecule has 0 aliphatic carbocycles. The summed E-state index contributed by atoms with van der Waals surface area (Å²) in [4.78, 5) is 18.0. The summed E-state index contributed by atoms with van der Waals surface area (Å²) in [5.74, 6) is 1.42. The Balaban J connectivity index is 1.48. The highest BCUT2D eigenvalue weighted by Gasteiger charge is 2.18. The molecular weight excluding hydrogens is 376 g/mol. The predicted molar refractivity (Wildman–Crippen MR) is 121 cm³/mol. The standard InChI is InChI=1S/C25H26N2O3/c1-17-5-4-6-21-22(16-26-25(17)21)18-11-13-27(14-12-18)24(28)10-7-19-15-20(29-2)8-9-23(19)30-3/h4-11,15-16,26H,12-14H2,1-3H3/b10-7+. The summed E-state index contributed by atoms with van der Waals surface area (Å²) < 4.78 is 10.6. The van der Waals surface area contributed by atoms with Crippen LogP contribution in [0, 0.1) is 6.92 Å². The van der Waals surface area contributed by atoms with Gasteiger partial charge < -0.3 is 19.4 Å². The van der Waals surface area contributed by atoms with E-state index in [4.69, 9.17) is 9.47 Å². The third-order valence-corrected chi connectivity index (χ3v) is 5.63. The molecule has 5 nitrogen and oxygen atoms in total. The number of rotatable bonds is 5. The second-order valence-corrected chi connectivity index (χ2v) is 7.40. The first-order valence-electron chi connectivity index (χ1n) is 10.1. The molecule has 0 unspecified atom stereocenters. The minimum absolute atomic E-state index is 0.00931. The molecule has 154 valence electrons. The van der Waals surface area contributed by atoms with Crippen molar-refractivity contribution in [2.75, 3.05) is 27.3 Å². The average Bonchev–Trinajstić information content (AvgIpc) is 3.23. The number of carbonyl (C=O) groups is 1. The molecule has 0 atom stereocenters. The molecule has 4 rings (SSSR count). The Morgan fingerprint density at radius 2 is 2.03 bits per heavy atom. The van der Waals surface area contributed by atoms with E-state index in [1.165, 1.54) is 27.6 Å². The van der Waals surface area contributed by atoms with E-state index in [0.29, 0.717) is 18.8 Å². The van der Waals surface area contributed by atoms with Gasteiger partial charge in [-0.15, -0.1) is 0 Å². The molecule has 1 amide bonds. The molecule has 5 heteroatoms. The second-order valence-electron chi connectivity index (χ2n) is 7.40. The molecular formula is C25H26N2O3. The first kappa shape index (κ1) is 19.8. The number of benzene rings is 2. The molecule has 1 N–H and O–H groups in total. The Bertz CT molecular complexity index is 1140. The topological polar surface area (TPSA) is 54.6 Å². The Morgan fingerprint density at radius 1 is 1.17 bits per heavy atom. The van der Waals surface area contributed by atoms with Crippen molar-refractivity contribution in [1.82, 2.24) is 9.88 Å². The number of amides is 1. The SMILES string of the molecule is COc1ccc(OC)c(/C=C/C(=O)N2CC=C(c3c[nH]c4c(C)cccc34)CC2)c1. The van der Waals surface area contributed by atoms with E-state index >= 15 is 0 Å². The van der Waals surface area contributed by atoms with Gasteiger partial charge in [0, 0.05) is 47.4 Å². The molecule has 1 aromatic heterocycles. The van der Waals surface area contributed by atoms with Gasteiger partial charge >= 0.3 is 0 Å². The van der Waals surface area contributed by atoms with Crippen LogP contribution in [0.3, 0.4) is 0 Å². The summed E-state index contributed by atoms with van der Waals surface area (Å²) in [6, 6.07) is 11.9. The van der Waals surface area contributed by atoms with E-state index in [-0.39, 0.29) is 5.91 Å². The molecule has 1 aliphatic heterocycles. The van der Waals surface area contributed by atoms with E-state index < -0.39 is 0 Å². The number of nitrogens with one attached hydrogen (secondary N) is 1. The van der Waals surface area contributed by atoms with Crippen LogP contribution in [0.4, 0.5) is 0 Å². The summed E-state index contributed by atoms with van der Waals surface area (Å²) >= 11 is 0. The van der Waals surface area contributed by atoms with Crippen LogP contribution in [0.5, 0.6) is 11.5 Å².